The van der Waals surface area contributed by atoms with Gasteiger partial charge < -0.3 is 20.3 Å². The summed E-state index contributed by atoms with van der Waals surface area (Å²) < 4.78 is 4.95. The molecule has 0 bridgehead atoms. The summed E-state index contributed by atoms with van der Waals surface area (Å²) in [5, 5.41) is 23.2. The summed E-state index contributed by atoms with van der Waals surface area (Å²) >= 11 is 0. The van der Waals surface area contributed by atoms with E-state index in [1.807, 2.05) is 0 Å². The molecule has 0 saturated heterocycles. The minimum Gasteiger partial charge on any atom is -0.481 e. The second-order valence-corrected chi connectivity index (χ2v) is 8.13. The van der Waals surface area contributed by atoms with Crippen LogP contribution < -0.4 is 10.1 Å². The van der Waals surface area contributed by atoms with E-state index in [0.717, 1.165) is 43.7 Å². The SMILES string of the molecule is COc1ncc(C(CC(=O)O)CC(O)CCCCc2ccc3c(n2)NCCCC3)cn1. The van der Waals surface area contributed by atoms with E-state index in [9.17, 15) is 15.0 Å². The Hall–Kier alpha value is -2.74. The first-order valence-corrected chi connectivity index (χ1v) is 11.0. The molecular formula is C23H32N4O4. The Morgan fingerprint density at radius 1 is 1.23 bits per heavy atom. The number of carbonyl (C=O) groups is 1. The number of rotatable bonds is 11. The van der Waals surface area contributed by atoms with Crippen LogP contribution in [0.1, 0.15) is 67.7 Å². The number of aliphatic hydroxyl groups is 1. The number of nitrogens with one attached hydrogen (secondary N) is 1. The average molecular weight is 429 g/mol. The molecule has 3 N–H and O–H groups in total. The lowest BCUT2D eigenvalue weighted by molar-refractivity contribution is -0.137. The number of hydrogen-bond acceptors (Lipinski definition) is 7. The molecule has 8 nitrogen and oxygen atoms in total. The largest absolute Gasteiger partial charge is 0.481 e. The molecule has 3 rings (SSSR count). The number of pyridine rings is 1. The zero-order valence-electron chi connectivity index (χ0n) is 18.1. The van der Waals surface area contributed by atoms with Gasteiger partial charge in [-0.3, -0.25) is 4.79 Å². The van der Waals surface area contributed by atoms with Gasteiger partial charge in [-0.25, -0.2) is 15.0 Å². The van der Waals surface area contributed by atoms with E-state index in [4.69, 9.17) is 9.72 Å². The number of ether oxygens (including phenoxy) is 1. The van der Waals surface area contributed by atoms with Crippen molar-refractivity contribution in [3.8, 4) is 6.01 Å². The van der Waals surface area contributed by atoms with Crippen molar-refractivity contribution in [2.45, 2.75) is 69.8 Å². The first-order valence-electron chi connectivity index (χ1n) is 11.0. The van der Waals surface area contributed by atoms with Crippen LogP contribution in [0.4, 0.5) is 5.82 Å². The third-order valence-electron chi connectivity index (χ3n) is 5.70. The quantitative estimate of drug-likeness (QED) is 0.467. The summed E-state index contributed by atoms with van der Waals surface area (Å²) in [7, 11) is 1.48. The average Bonchev–Trinajstić information content (AvgIpc) is 3.01. The highest BCUT2D eigenvalue weighted by Crippen LogP contribution is 2.26. The first-order chi connectivity index (χ1) is 15.0. The Labute approximate surface area is 183 Å². The van der Waals surface area contributed by atoms with Crippen molar-refractivity contribution in [1.29, 1.82) is 0 Å². The number of fused-ring (bicyclic) bond motifs is 1. The molecule has 2 atom stereocenters. The van der Waals surface area contributed by atoms with Crippen molar-refractivity contribution < 1.29 is 19.7 Å². The summed E-state index contributed by atoms with van der Waals surface area (Å²) in [6.45, 7) is 0.979. The molecule has 3 heterocycles. The van der Waals surface area contributed by atoms with Crippen LogP contribution in [0, 0.1) is 0 Å². The van der Waals surface area contributed by atoms with Crippen LogP contribution in [0.15, 0.2) is 24.5 Å². The van der Waals surface area contributed by atoms with Crippen LogP contribution >= 0.6 is 0 Å². The smallest absolute Gasteiger partial charge is 0.316 e. The maximum Gasteiger partial charge on any atom is 0.316 e. The Kier molecular flexibility index (Phi) is 8.58. The number of aliphatic carboxylic acids is 1. The lowest BCUT2D eigenvalue weighted by atomic mass is 9.90. The van der Waals surface area contributed by atoms with Gasteiger partial charge in [0.05, 0.1) is 19.6 Å². The van der Waals surface area contributed by atoms with Gasteiger partial charge in [-0.15, -0.1) is 0 Å². The third-order valence-corrected chi connectivity index (χ3v) is 5.70. The van der Waals surface area contributed by atoms with E-state index in [0.29, 0.717) is 18.4 Å². The van der Waals surface area contributed by atoms with E-state index in [2.05, 4.69) is 27.4 Å². The molecule has 0 fully saturated rings. The second kappa shape index (κ2) is 11.6. The third kappa shape index (κ3) is 7.17. The fourth-order valence-electron chi connectivity index (χ4n) is 3.99. The number of carboxylic acids is 1. The molecular weight excluding hydrogens is 396 g/mol. The Bertz CT molecular complexity index is 844. The topological polar surface area (TPSA) is 117 Å². The number of carboxylic acid groups (broad SMARTS) is 1. The number of unbranched alkanes of at least 4 members (excludes halogenated alkanes) is 1. The van der Waals surface area contributed by atoms with E-state index in [-0.39, 0.29) is 18.3 Å². The van der Waals surface area contributed by atoms with Crippen molar-refractivity contribution in [1.82, 2.24) is 15.0 Å². The summed E-state index contributed by atoms with van der Waals surface area (Å²) in [4.78, 5) is 24.1. The first kappa shape index (κ1) is 22.9. The van der Waals surface area contributed by atoms with Gasteiger partial charge in [-0.05, 0) is 68.1 Å². The maximum atomic E-state index is 11.3. The van der Waals surface area contributed by atoms with Gasteiger partial charge in [0.2, 0.25) is 0 Å². The molecule has 0 aliphatic carbocycles. The van der Waals surface area contributed by atoms with Crippen LogP contribution in [0.25, 0.3) is 0 Å². The van der Waals surface area contributed by atoms with Gasteiger partial charge in [-0.1, -0.05) is 12.5 Å². The molecule has 1 aliphatic rings. The molecule has 0 amide bonds. The molecule has 0 spiro atoms. The summed E-state index contributed by atoms with van der Waals surface area (Å²) in [6, 6.07) is 4.52. The van der Waals surface area contributed by atoms with E-state index >= 15 is 0 Å². The highest BCUT2D eigenvalue weighted by molar-refractivity contribution is 5.68. The lowest BCUT2D eigenvalue weighted by Gasteiger charge is -2.19. The number of anilines is 1. The zero-order chi connectivity index (χ0) is 22.1. The predicted octanol–water partition coefficient (Wildman–Crippen LogP) is 3.35. The molecule has 2 unspecified atom stereocenters. The minimum absolute atomic E-state index is 0.0706. The van der Waals surface area contributed by atoms with Gasteiger partial charge >= 0.3 is 12.0 Å². The fraction of sp³-hybridized carbons (Fsp3) is 0.565. The van der Waals surface area contributed by atoms with Gasteiger partial charge in [0.15, 0.2) is 0 Å². The highest BCUT2D eigenvalue weighted by atomic mass is 16.5. The lowest BCUT2D eigenvalue weighted by Crippen LogP contribution is -2.16. The normalized spacial score (nSPS) is 15.3. The molecule has 0 radical (unpaired) electrons. The fourth-order valence-corrected chi connectivity index (χ4v) is 3.99. The Morgan fingerprint density at radius 2 is 2.03 bits per heavy atom. The summed E-state index contributed by atoms with van der Waals surface area (Å²) in [5.41, 5.74) is 3.06. The maximum absolute atomic E-state index is 11.3. The van der Waals surface area contributed by atoms with Crippen molar-refractivity contribution in [2.24, 2.45) is 0 Å². The van der Waals surface area contributed by atoms with Crippen molar-refractivity contribution in [3.63, 3.8) is 0 Å². The molecule has 2 aromatic heterocycles. The van der Waals surface area contributed by atoms with E-state index in [1.54, 1.807) is 12.4 Å². The van der Waals surface area contributed by atoms with Gasteiger partial charge in [0.1, 0.15) is 5.82 Å². The van der Waals surface area contributed by atoms with Gasteiger partial charge in [0.25, 0.3) is 0 Å². The number of methoxy groups -OCH3 is 1. The van der Waals surface area contributed by atoms with Gasteiger partial charge in [0, 0.05) is 24.6 Å². The van der Waals surface area contributed by atoms with Crippen molar-refractivity contribution in [3.05, 3.63) is 41.3 Å². The van der Waals surface area contributed by atoms with Crippen molar-refractivity contribution >= 4 is 11.8 Å². The number of nitrogens with zero attached hydrogens (tertiary/aromatic N) is 3. The standard InChI is InChI=1S/C23H32N4O4/c1-31-23-25-14-18(15-26-23)17(13-21(29)30)12-20(28)8-3-2-7-19-10-9-16-6-4-5-11-24-22(16)27-19/h9-10,14-15,17,20,28H,2-8,11-13H2,1H3,(H,24,27)(H,29,30). The van der Waals surface area contributed by atoms with Crippen LogP contribution in [0.2, 0.25) is 0 Å². The molecule has 168 valence electrons. The monoisotopic (exact) mass is 428 g/mol. The zero-order valence-corrected chi connectivity index (χ0v) is 18.1. The molecule has 1 aliphatic heterocycles. The summed E-state index contributed by atoms with van der Waals surface area (Å²) in [5.74, 6) is -0.222. The van der Waals surface area contributed by atoms with Crippen LogP contribution in [-0.4, -0.2) is 50.9 Å². The molecule has 0 saturated carbocycles. The van der Waals surface area contributed by atoms with Crippen LogP contribution in [0.5, 0.6) is 6.01 Å². The molecule has 31 heavy (non-hydrogen) atoms. The Balaban J connectivity index is 1.47. The molecule has 2 aromatic rings. The Morgan fingerprint density at radius 3 is 2.77 bits per heavy atom. The highest BCUT2D eigenvalue weighted by Gasteiger charge is 2.20. The number of aromatic nitrogens is 3. The minimum atomic E-state index is -0.907. The van der Waals surface area contributed by atoms with Crippen LogP contribution in [-0.2, 0) is 17.6 Å². The summed E-state index contributed by atoms with van der Waals surface area (Å²) in [6.07, 6.45) is 9.59. The van der Waals surface area contributed by atoms with Crippen LogP contribution in [0.3, 0.4) is 0 Å². The van der Waals surface area contributed by atoms with E-state index in [1.165, 1.54) is 25.5 Å². The molecule has 8 heteroatoms. The number of aliphatic hydroxyl groups excluding tert-OH is 1. The van der Waals surface area contributed by atoms with Gasteiger partial charge in [-0.2, -0.15) is 0 Å². The van der Waals surface area contributed by atoms with E-state index < -0.39 is 12.1 Å². The predicted molar refractivity (Wildman–Crippen MR) is 117 cm³/mol. The second-order valence-electron chi connectivity index (χ2n) is 8.13. The molecule has 0 aromatic carbocycles. The number of hydrogen-bond donors (Lipinski definition) is 3. The number of aryl methyl sites for hydroxylation is 2. The van der Waals surface area contributed by atoms with Crippen molar-refractivity contribution in [2.75, 3.05) is 19.0 Å².